The van der Waals surface area contributed by atoms with Crippen LogP contribution in [-0.2, 0) is 0 Å². The second-order valence-electron chi connectivity index (χ2n) is 12.4. The summed E-state index contributed by atoms with van der Waals surface area (Å²) in [5, 5.41) is 9.11. The van der Waals surface area contributed by atoms with Crippen LogP contribution in [0.25, 0.3) is 99.5 Å². The predicted octanol–water partition coefficient (Wildman–Crippen LogP) is 11.9. The van der Waals surface area contributed by atoms with Gasteiger partial charge in [-0.05, 0) is 73.8 Å². The summed E-state index contributed by atoms with van der Waals surface area (Å²) in [7, 11) is 0. The van der Waals surface area contributed by atoms with E-state index < -0.39 is 0 Å². The number of rotatable bonds is 4. The lowest BCUT2D eigenvalue weighted by atomic mass is 9.95. The third-order valence-electron chi connectivity index (χ3n) is 9.48. The molecule has 0 saturated carbocycles. The maximum absolute atomic E-state index is 6.16. The minimum absolute atomic E-state index is 0.632. The Morgan fingerprint density at radius 1 is 0.306 bits per heavy atom. The van der Waals surface area contributed by atoms with Gasteiger partial charge in [0.2, 0.25) is 0 Å². The molecule has 228 valence electrons. The summed E-state index contributed by atoms with van der Waals surface area (Å²) in [4.78, 5) is 15.2. The van der Waals surface area contributed by atoms with Gasteiger partial charge in [-0.2, -0.15) is 0 Å². The molecule has 0 atom stereocenters. The number of hydrogen-bond donors (Lipinski definition) is 0. The van der Waals surface area contributed by atoms with Gasteiger partial charge >= 0.3 is 0 Å². The van der Waals surface area contributed by atoms with Gasteiger partial charge in [-0.3, -0.25) is 0 Å². The normalized spacial score (nSPS) is 11.7. The second-order valence-corrected chi connectivity index (χ2v) is 12.4. The van der Waals surface area contributed by atoms with Crippen molar-refractivity contribution in [3.63, 3.8) is 0 Å². The molecule has 10 rings (SSSR count). The standard InChI is InChI=1S/C45H27N3O/c1-2-11-29(12-3-1)43-46-44(33-21-20-30-27-42-40(26-34(30)25-33)38-16-6-7-19-41(38)49-42)48-45(47-43)39-18-9-14-31-24-32(22-23-37(31)39)36-17-8-13-28-10-4-5-15-35(28)36/h1-27H. The van der Waals surface area contributed by atoms with Gasteiger partial charge in [0.15, 0.2) is 17.5 Å². The predicted molar refractivity (Wildman–Crippen MR) is 201 cm³/mol. The van der Waals surface area contributed by atoms with Gasteiger partial charge in [0.25, 0.3) is 0 Å². The maximum atomic E-state index is 6.16. The van der Waals surface area contributed by atoms with E-state index in [4.69, 9.17) is 19.4 Å². The molecule has 4 heteroatoms. The Hall–Kier alpha value is -6.65. The Kier molecular flexibility index (Phi) is 6.15. The van der Waals surface area contributed by atoms with E-state index in [-0.39, 0.29) is 0 Å². The molecular formula is C45H27N3O. The molecule has 8 aromatic carbocycles. The molecule has 0 aliphatic rings. The summed E-state index contributed by atoms with van der Waals surface area (Å²) in [5.41, 5.74) is 7.01. The largest absolute Gasteiger partial charge is 0.456 e. The lowest BCUT2D eigenvalue weighted by molar-refractivity contribution is 0.669. The number of fused-ring (bicyclic) bond motifs is 6. The van der Waals surface area contributed by atoms with Gasteiger partial charge in [0.1, 0.15) is 11.2 Å². The van der Waals surface area contributed by atoms with Gasteiger partial charge in [0, 0.05) is 27.5 Å². The second kappa shape index (κ2) is 11.0. The van der Waals surface area contributed by atoms with Gasteiger partial charge in [-0.25, -0.2) is 15.0 Å². The summed E-state index contributed by atoms with van der Waals surface area (Å²) in [6.07, 6.45) is 0. The van der Waals surface area contributed by atoms with Gasteiger partial charge in [0.05, 0.1) is 0 Å². The fourth-order valence-corrected chi connectivity index (χ4v) is 7.07. The van der Waals surface area contributed by atoms with Crippen LogP contribution in [0.4, 0.5) is 0 Å². The number of para-hydroxylation sites is 1. The maximum Gasteiger partial charge on any atom is 0.164 e. The molecule has 2 heterocycles. The van der Waals surface area contributed by atoms with Crippen molar-refractivity contribution in [1.82, 2.24) is 15.0 Å². The first-order valence-corrected chi connectivity index (χ1v) is 16.4. The Labute approximate surface area is 282 Å². The molecule has 0 bridgehead atoms. The smallest absolute Gasteiger partial charge is 0.164 e. The Balaban J connectivity index is 1.14. The van der Waals surface area contributed by atoms with Crippen LogP contribution >= 0.6 is 0 Å². The van der Waals surface area contributed by atoms with Crippen LogP contribution < -0.4 is 0 Å². The Morgan fingerprint density at radius 3 is 1.86 bits per heavy atom. The summed E-state index contributed by atoms with van der Waals surface area (Å²) < 4.78 is 6.16. The molecule has 0 fully saturated rings. The van der Waals surface area contributed by atoms with E-state index in [1.807, 2.05) is 48.5 Å². The van der Waals surface area contributed by atoms with Crippen molar-refractivity contribution < 1.29 is 4.42 Å². The number of hydrogen-bond acceptors (Lipinski definition) is 4. The van der Waals surface area contributed by atoms with E-state index in [1.54, 1.807) is 0 Å². The summed E-state index contributed by atoms with van der Waals surface area (Å²) in [6, 6.07) is 57.1. The van der Waals surface area contributed by atoms with Crippen LogP contribution in [0.15, 0.2) is 168 Å². The van der Waals surface area contributed by atoms with Gasteiger partial charge in [-0.15, -0.1) is 0 Å². The average Bonchev–Trinajstić information content (AvgIpc) is 3.53. The van der Waals surface area contributed by atoms with E-state index in [0.29, 0.717) is 17.5 Å². The molecule has 0 radical (unpaired) electrons. The molecule has 0 aliphatic heterocycles. The zero-order chi connectivity index (χ0) is 32.3. The minimum Gasteiger partial charge on any atom is -0.456 e. The highest BCUT2D eigenvalue weighted by Crippen LogP contribution is 2.36. The van der Waals surface area contributed by atoms with E-state index in [0.717, 1.165) is 60.2 Å². The van der Waals surface area contributed by atoms with E-state index in [1.165, 1.54) is 21.9 Å². The number of furan rings is 1. The van der Waals surface area contributed by atoms with E-state index in [2.05, 4.69) is 115 Å². The zero-order valence-corrected chi connectivity index (χ0v) is 26.3. The van der Waals surface area contributed by atoms with Crippen molar-refractivity contribution in [3.05, 3.63) is 164 Å². The van der Waals surface area contributed by atoms with Crippen molar-refractivity contribution in [2.24, 2.45) is 0 Å². The molecule has 0 saturated heterocycles. The molecule has 2 aromatic heterocycles. The number of benzene rings is 8. The van der Waals surface area contributed by atoms with Crippen LogP contribution in [0.5, 0.6) is 0 Å². The summed E-state index contributed by atoms with van der Waals surface area (Å²) >= 11 is 0. The number of nitrogens with zero attached hydrogens (tertiary/aromatic N) is 3. The van der Waals surface area contributed by atoms with E-state index in [9.17, 15) is 0 Å². The molecule has 4 nitrogen and oxygen atoms in total. The van der Waals surface area contributed by atoms with Gasteiger partial charge in [-0.1, -0.05) is 133 Å². The SMILES string of the molecule is c1ccc(-c2nc(-c3ccc4cc5oc6ccccc6c5cc4c3)nc(-c3cccc4cc(-c5cccc6ccccc56)ccc34)n2)cc1. The van der Waals surface area contributed by atoms with Crippen LogP contribution in [0, 0.1) is 0 Å². The van der Waals surface area contributed by atoms with Crippen molar-refractivity contribution in [2.75, 3.05) is 0 Å². The van der Waals surface area contributed by atoms with Gasteiger partial charge < -0.3 is 4.42 Å². The van der Waals surface area contributed by atoms with E-state index >= 15 is 0 Å². The summed E-state index contributed by atoms with van der Waals surface area (Å²) in [5.74, 6) is 1.91. The molecule has 0 spiro atoms. The fraction of sp³-hybridized carbons (Fsp3) is 0. The van der Waals surface area contributed by atoms with Crippen molar-refractivity contribution >= 4 is 54.3 Å². The molecule has 10 aromatic rings. The van der Waals surface area contributed by atoms with Crippen LogP contribution in [0.2, 0.25) is 0 Å². The molecule has 49 heavy (non-hydrogen) atoms. The lowest BCUT2D eigenvalue weighted by Gasteiger charge is -2.12. The van der Waals surface area contributed by atoms with Crippen molar-refractivity contribution in [3.8, 4) is 45.3 Å². The molecule has 0 aliphatic carbocycles. The van der Waals surface area contributed by atoms with Crippen LogP contribution in [-0.4, -0.2) is 15.0 Å². The summed E-state index contributed by atoms with van der Waals surface area (Å²) in [6.45, 7) is 0. The Bertz CT molecular complexity index is 2890. The minimum atomic E-state index is 0.632. The molecule has 0 unspecified atom stereocenters. The van der Waals surface area contributed by atoms with Crippen molar-refractivity contribution in [1.29, 1.82) is 0 Å². The molecular weight excluding hydrogens is 599 g/mol. The fourth-order valence-electron chi connectivity index (χ4n) is 7.07. The first-order valence-electron chi connectivity index (χ1n) is 16.4. The average molecular weight is 626 g/mol. The highest BCUT2D eigenvalue weighted by molar-refractivity contribution is 6.10. The molecule has 0 N–H and O–H groups in total. The monoisotopic (exact) mass is 625 g/mol. The highest BCUT2D eigenvalue weighted by atomic mass is 16.3. The first kappa shape index (κ1) is 27.5. The lowest BCUT2D eigenvalue weighted by Crippen LogP contribution is -2.00. The number of aromatic nitrogens is 3. The third-order valence-corrected chi connectivity index (χ3v) is 9.48. The zero-order valence-electron chi connectivity index (χ0n) is 26.3. The van der Waals surface area contributed by atoms with Crippen LogP contribution in [0.1, 0.15) is 0 Å². The van der Waals surface area contributed by atoms with Crippen LogP contribution in [0.3, 0.4) is 0 Å². The first-order chi connectivity index (χ1) is 24.2. The highest BCUT2D eigenvalue weighted by Gasteiger charge is 2.16. The Morgan fingerprint density at radius 2 is 0.959 bits per heavy atom. The topological polar surface area (TPSA) is 51.8 Å². The van der Waals surface area contributed by atoms with Crippen molar-refractivity contribution in [2.45, 2.75) is 0 Å². The third kappa shape index (κ3) is 4.65. The molecule has 0 amide bonds. The quantitative estimate of drug-likeness (QED) is 0.195.